The Kier molecular flexibility index (Phi) is 3.61. The molecule has 0 saturated heterocycles. The summed E-state index contributed by atoms with van der Waals surface area (Å²) in [5, 5.41) is 5.01. The summed E-state index contributed by atoms with van der Waals surface area (Å²) in [4.78, 5) is 17.8. The largest absolute Gasteiger partial charge is 0.377 e. The highest BCUT2D eigenvalue weighted by molar-refractivity contribution is 6.00. The topological polar surface area (TPSA) is 48.1 Å². The third kappa shape index (κ3) is 2.40. The molecule has 1 aliphatic carbocycles. The van der Waals surface area contributed by atoms with E-state index in [0.29, 0.717) is 11.8 Å². The van der Waals surface area contributed by atoms with Crippen molar-refractivity contribution in [2.75, 3.05) is 19.4 Å². The van der Waals surface area contributed by atoms with Gasteiger partial charge in [-0.3, -0.25) is 4.79 Å². The van der Waals surface area contributed by atoms with Crippen LogP contribution in [0.2, 0.25) is 0 Å². The zero-order valence-electron chi connectivity index (χ0n) is 15.6. The van der Waals surface area contributed by atoms with E-state index < -0.39 is 0 Å². The van der Waals surface area contributed by atoms with E-state index in [2.05, 4.69) is 59.0 Å². The number of hydrogen-bond acceptors (Lipinski definition) is 2. The lowest BCUT2D eigenvalue weighted by atomic mass is 9.76. The van der Waals surface area contributed by atoms with Gasteiger partial charge in [-0.15, -0.1) is 0 Å². The average Bonchev–Trinajstić information content (AvgIpc) is 3.33. The van der Waals surface area contributed by atoms with Crippen LogP contribution in [-0.4, -0.2) is 29.9 Å². The fourth-order valence-corrected chi connectivity index (χ4v) is 4.70. The van der Waals surface area contributed by atoms with Crippen LogP contribution >= 0.6 is 0 Å². The molecule has 136 valence electrons. The molecule has 0 bridgehead atoms. The number of fused-ring (bicyclic) bond motifs is 4. The fourth-order valence-electron chi connectivity index (χ4n) is 4.70. The standard InChI is InChI=1S/C23H23N3O/c1-26(2)23(27)18-11-6-10-16-14-8-5-9-17(14)22(25-21(16)18)19-13-24-20-12-4-3-7-15(19)20/h3-8,10-14,17,22,24-25H,9H2,1-2H3. The number of H-pyrrole nitrogens is 1. The second-order valence-corrected chi connectivity index (χ2v) is 7.73. The van der Waals surface area contributed by atoms with E-state index in [4.69, 9.17) is 0 Å². The Labute approximate surface area is 158 Å². The number of carbonyl (C=O) groups excluding carboxylic acids is 1. The maximum Gasteiger partial charge on any atom is 0.255 e. The van der Waals surface area contributed by atoms with Gasteiger partial charge < -0.3 is 15.2 Å². The molecule has 1 aromatic heterocycles. The van der Waals surface area contributed by atoms with Crippen LogP contribution in [0, 0.1) is 5.92 Å². The third-order valence-corrected chi connectivity index (χ3v) is 5.99. The number of amides is 1. The van der Waals surface area contributed by atoms with Gasteiger partial charge in [0.25, 0.3) is 5.91 Å². The van der Waals surface area contributed by atoms with Crippen LogP contribution in [0.1, 0.15) is 39.9 Å². The third-order valence-electron chi connectivity index (χ3n) is 5.99. The van der Waals surface area contributed by atoms with Gasteiger partial charge >= 0.3 is 0 Å². The lowest BCUT2D eigenvalue weighted by molar-refractivity contribution is 0.0828. The van der Waals surface area contributed by atoms with E-state index in [0.717, 1.165) is 23.2 Å². The second kappa shape index (κ2) is 6.02. The van der Waals surface area contributed by atoms with Gasteiger partial charge in [-0.05, 0) is 35.6 Å². The van der Waals surface area contributed by atoms with E-state index in [1.807, 2.05) is 12.1 Å². The molecular weight excluding hydrogens is 334 g/mol. The first kappa shape index (κ1) is 16.2. The normalized spacial score (nSPS) is 23.0. The molecule has 3 aromatic rings. The number of allylic oxidation sites excluding steroid dienone is 2. The van der Waals surface area contributed by atoms with Crippen LogP contribution < -0.4 is 5.32 Å². The van der Waals surface area contributed by atoms with Gasteiger partial charge in [-0.1, -0.05) is 42.5 Å². The van der Waals surface area contributed by atoms with Crippen molar-refractivity contribution < 1.29 is 4.79 Å². The highest BCUT2D eigenvalue weighted by atomic mass is 16.2. The molecule has 4 heteroatoms. The Hall–Kier alpha value is -3.01. The maximum absolute atomic E-state index is 12.8. The Bertz CT molecular complexity index is 1060. The molecule has 1 aliphatic heterocycles. The quantitative estimate of drug-likeness (QED) is 0.653. The number of nitrogens with zero attached hydrogens (tertiary/aromatic N) is 1. The minimum atomic E-state index is 0.0393. The van der Waals surface area contributed by atoms with Crippen LogP contribution in [0.3, 0.4) is 0 Å². The van der Waals surface area contributed by atoms with E-state index in [1.54, 1.807) is 19.0 Å². The van der Waals surface area contributed by atoms with Crippen molar-refractivity contribution in [3.05, 3.63) is 77.5 Å². The molecule has 0 spiro atoms. The van der Waals surface area contributed by atoms with Crippen molar-refractivity contribution in [3.8, 4) is 0 Å². The Morgan fingerprint density at radius 1 is 1.07 bits per heavy atom. The van der Waals surface area contributed by atoms with Gasteiger partial charge in [-0.25, -0.2) is 0 Å². The van der Waals surface area contributed by atoms with Crippen molar-refractivity contribution in [3.63, 3.8) is 0 Å². The molecule has 0 fully saturated rings. The summed E-state index contributed by atoms with van der Waals surface area (Å²) in [6, 6.07) is 14.7. The molecule has 0 saturated carbocycles. The number of benzene rings is 2. The van der Waals surface area contributed by atoms with E-state index in [1.165, 1.54) is 16.5 Å². The van der Waals surface area contributed by atoms with Crippen LogP contribution in [-0.2, 0) is 0 Å². The molecule has 0 radical (unpaired) electrons. The van der Waals surface area contributed by atoms with Gasteiger partial charge in [0.15, 0.2) is 0 Å². The van der Waals surface area contributed by atoms with E-state index in [9.17, 15) is 4.79 Å². The van der Waals surface area contributed by atoms with Gasteiger partial charge in [-0.2, -0.15) is 0 Å². The molecule has 2 N–H and O–H groups in total. The Balaban J connectivity index is 1.67. The number of nitrogens with one attached hydrogen (secondary N) is 2. The second-order valence-electron chi connectivity index (χ2n) is 7.73. The number of aromatic nitrogens is 1. The van der Waals surface area contributed by atoms with Crippen molar-refractivity contribution in [1.29, 1.82) is 0 Å². The van der Waals surface area contributed by atoms with Crippen LogP contribution in [0.4, 0.5) is 5.69 Å². The number of para-hydroxylation sites is 2. The SMILES string of the molecule is CN(C)C(=O)c1cccc2c1NC(c1c[nH]c3ccccc13)C1CC=CC21. The summed E-state index contributed by atoms with van der Waals surface area (Å²) in [5.41, 5.74) is 5.40. The van der Waals surface area contributed by atoms with Crippen molar-refractivity contribution in [2.24, 2.45) is 5.92 Å². The summed E-state index contributed by atoms with van der Waals surface area (Å²) in [6.07, 6.45) is 7.77. The first-order valence-electron chi connectivity index (χ1n) is 9.49. The Morgan fingerprint density at radius 3 is 2.78 bits per heavy atom. The zero-order chi connectivity index (χ0) is 18.5. The molecule has 2 aromatic carbocycles. The van der Waals surface area contributed by atoms with Crippen molar-refractivity contribution in [2.45, 2.75) is 18.4 Å². The molecule has 2 heterocycles. The molecule has 5 rings (SSSR count). The van der Waals surface area contributed by atoms with Crippen LogP contribution in [0.25, 0.3) is 10.9 Å². The number of hydrogen-bond donors (Lipinski definition) is 2. The molecule has 27 heavy (non-hydrogen) atoms. The van der Waals surface area contributed by atoms with E-state index >= 15 is 0 Å². The number of aromatic amines is 1. The van der Waals surface area contributed by atoms with Gasteiger partial charge in [0.2, 0.25) is 0 Å². The monoisotopic (exact) mass is 357 g/mol. The minimum Gasteiger partial charge on any atom is -0.377 e. The maximum atomic E-state index is 12.8. The zero-order valence-corrected chi connectivity index (χ0v) is 15.6. The molecule has 1 amide bonds. The molecule has 3 unspecified atom stereocenters. The Morgan fingerprint density at radius 2 is 1.93 bits per heavy atom. The van der Waals surface area contributed by atoms with Gasteiger partial charge in [0.1, 0.15) is 0 Å². The lowest BCUT2D eigenvalue weighted by Crippen LogP contribution is -2.31. The lowest BCUT2D eigenvalue weighted by Gasteiger charge is -2.38. The molecule has 3 atom stereocenters. The summed E-state index contributed by atoms with van der Waals surface area (Å²) in [5.74, 6) is 0.841. The first-order chi connectivity index (χ1) is 13.1. The molecule has 4 nitrogen and oxygen atoms in total. The molecular formula is C23H23N3O. The van der Waals surface area contributed by atoms with Gasteiger partial charge in [0.05, 0.1) is 17.3 Å². The van der Waals surface area contributed by atoms with Crippen molar-refractivity contribution >= 4 is 22.5 Å². The van der Waals surface area contributed by atoms with Crippen LogP contribution in [0.5, 0.6) is 0 Å². The summed E-state index contributed by atoms with van der Waals surface area (Å²) in [6.45, 7) is 0. The first-order valence-corrected chi connectivity index (χ1v) is 9.49. The fraction of sp³-hybridized carbons (Fsp3) is 0.261. The summed E-state index contributed by atoms with van der Waals surface area (Å²) in [7, 11) is 3.61. The highest BCUT2D eigenvalue weighted by Gasteiger charge is 2.40. The van der Waals surface area contributed by atoms with Gasteiger partial charge in [0, 0.05) is 37.1 Å². The minimum absolute atomic E-state index is 0.0393. The average molecular weight is 357 g/mol. The predicted molar refractivity (Wildman–Crippen MR) is 109 cm³/mol. The summed E-state index contributed by atoms with van der Waals surface area (Å²) < 4.78 is 0. The van der Waals surface area contributed by atoms with E-state index in [-0.39, 0.29) is 11.9 Å². The number of anilines is 1. The summed E-state index contributed by atoms with van der Waals surface area (Å²) >= 11 is 0. The number of rotatable bonds is 2. The number of carbonyl (C=O) groups is 1. The molecule has 2 aliphatic rings. The highest BCUT2D eigenvalue weighted by Crippen LogP contribution is 2.51. The van der Waals surface area contributed by atoms with Crippen molar-refractivity contribution in [1.82, 2.24) is 9.88 Å². The predicted octanol–water partition coefficient (Wildman–Crippen LogP) is 4.70. The van der Waals surface area contributed by atoms with Crippen LogP contribution in [0.15, 0.2) is 60.8 Å². The smallest absolute Gasteiger partial charge is 0.255 e.